The molecule has 5 heteroatoms. The molecule has 26 heavy (non-hydrogen) atoms. The Labute approximate surface area is 152 Å². The Hall–Kier alpha value is -2.43. The average Bonchev–Trinajstić information content (AvgIpc) is 3.38. The highest BCUT2D eigenvalue weighted by atomic mass is 16.5. The topological polar surface area (TPSA) is 63.7 Å². The molecule has 0 radical (unpaired) electrons. The maximum Gasteiger partial charge on any atom is 0.309 e. The number of allylic oxidation sites excluding steroid dienone is 2. The number of carbonyl (C=O) groups excluding carboxylic acids is 3. The molecule has 1 unspecified atom stereocenters. The van der Waals surface area contributed by atoms with Crippen LogP contribution in [0.4, 0.5) is 0 Å². The van der Waals surface area contributed by atoms with Crippen molar-refractivity contribution in [3.63, 3.8) is 0 Å². The van der Waals surface area contributed by atoms with Gasteiger partial charge in [-0.25, -0.2) is 0 Å². The van der Waals surface area contributed by atoms with Gasteiger partial charge >= 0.3 is 5.97 Å². The normalized spacial score (nSPS) is 39.0. The number of ether oxygens (including phenoxy) is 1. The van der Waals surface area contributed by atoms with Crippen LogP contribution in [0.25, 0.3) is 0 Å². The van der Waals surface area contributed by atoms with Crippen molar-refractivity contribution in [3.8, 4) is 0 Å². The van der Waals surface area contributed by atoms with Crippen LogP contribution in [0, 0.1) is 41.4 Å². The first-order valence-electron chi connectivity index (χ1n) is 9.37. The van der Waals surface area contributed by atoms with E-state index in [9.17, 15) is 14.4 Å². The number of hydrogen-bond acceptors (Lipinski definition) is 4. The van der Waals surface area contributed by atoms with Crippen LogP contribution >= 0.6 is 0 Å². The van der Waals surface area contributed by atoms with Crippen LogP contribution in [0.3, 0.4) is 0 Å². The molecule has 1 aromatic carbocycles. The molecule has 2 saturated carbocycles. The summed E-state index contributed by atoms with van der Waals surface area (Å²) in [4.78, 5) is 39.8. The van der Waals surface area contributed by atoms with E-state index in [0.717, 1.165) is 5.56 Å². The Morgan fingerprint density at radius 3 is 2.12 bits per heavy atom. The maximum atomic E-state index is 13.1. The molecule has 0 N–H and O–H groups in total. The second-order valence-electron chi connectivity index (χ2n) is 7.77. The molecule has 6 rings (SSSR count). The molecular weight excluding hydrogens is 330 g/mol. The molecule has 2 bridgehead atoms. The summed E-state index contributed by atoms with van der Waals surface area (Å²) in [5, 5.41) is 0. The van der Waals surface area contributed by atoms with Gasteiger partial charge in [0, 0.05) is 0 Å². The van der Waals surface area contributed by atoms with Gasteiger partial charge in [0.05, 0.1) is 30.9 Å². The van der Waals surface area contributed by atoms with Crippen molar-refractivity contribution < 1.29 is 19.1 Å². The smallest absolute Gasteiger partial charge is 0.309 e. The Bertz CT molecular complexity index is 779. The van der Waals surface area contributed by atoms with E-state index >= 15 is 0 Å². The van der Waals surface area contributed by atoms with Crippen LogP contribution in [0.2, 0.25) is 0 Å². The summed E-state index contributed by atoms with van der Waals surface area (Å²) in [5.74, 6) is -0.757. The van der Waals surface area contributed by atoms with E-state index in [4.69, 9.17) is 4.74 Å². The molecule has 1 heterocycles. The molecule has 2 amide bonds. The fourth-order valence-corrected chi connectivity index (χ4v) is 5.64. The van der Waals surface area contributed by atoms with E-state index < -0.39 is 0 Å². The predicted octanol–water partition coefficient (Wildman–Crippen LogP) is 2.03. The Morgan fingerprint density at radius 1 is 1.00 bits per heavy atom. The second-order valence-corrected chi connectivity index (χ2v) is 7.77. The van der Waals surface area contributed by atoms with Crippen molar-refractivity contribution in [1.82, 2.24) is 4.90 Å². The predicted molar refractivity (Wildman–Crippen MR) is 92.2 cm³/mol. The lowest BCUT2D eigenvalue weighted by atomic mass is 9.63. The molecule has 0 spiro atoms. The highest BCUT2D eigenvalue weighted by Gasteiger charge is 2.73. The number of likely N-dealkylation sites (tertiary alicyclic amines) is 1. The summed E-state index contributed by atoms with van der Waals surface area (Å²) in [5.41, 5.74) is 0.961. The van der Waals surface area contributed by atoms with Crippen molar-refractivity contribution in [2.75, 3.05) is 6.61 Å². The van der Waals surface area contributed by atoms with Crippen LogP contribution in [0.15, 0.2) is 42.5 Å². The molecule has 1 aliphatic heterocycles. The summed E-state index contributed by atoms with van der Waals surface area (Å²) < 4.78 is 5.21. The van der Waals surface area contributed by atoms with Gasteiger partial charge in [0.25, 0.3) is 0 Å². The van der Waals surface area contributed by atoms with Gasteiger partial charge in [0.1, 0.15) is 0 Å². The largest absolute Gasteiger partial charge is 0.466 e. The molecule has 1 saturated heterocycles. The Balaban J connectivity index is 1.41. The minimum Gasteiger partial charge on any atom is -0.466 e. The van der Waals surface area contributed by atoms with E-state index in [1.807, 2.05) is 30.3 Å². The van der Waals surface area contributed by atoms with Crippen LogP contribution in [-0.2, 0) is 25.7 Å². The van der Waals surface area contributed by atoms with Crippen LogP contribution < -0.4 is 0 Å². The monoisotopic (exact) mass is 351 g/mol. The Morgan fingerprint density at radius 2 is 1.58 bits per heavy atom. The molecule has 7 atom stereocenters. The first-order valence-corrected chi connectivity index (χ1v) is 9.37. The summed E-state index contributed by atoms with van der Waals surface area (Å²) in [6, 6.07) is 9.62. The van der Waals surface area contributed by atoms with E-state index in [0.29, 0.717) is 13.2 Å². The van der Waals surface area contributed by atoms with Gasteiger partial charge in [-0.1, -0.05) is 42.5 Å². The first-order chi connectivity index (χ1) is 12.6. The number of hydrogen-bond donors (Lipinski definition) is 0. The summed E-state index contributed by atoms with van der Waals surface area (Å²) in [6.07, 6.45) is 4.15. The zero-order chi connectivity index (χ0) is 18.0. The third kappa shape index (κ3) is 2.00. The molecule has 3 fully saturated rings. The maximum absolute atomic E-state index is 13.1. The quantitative estimate of drug-likeness (QED) is 0.473. The van der Waals surface area contributed by atoms with Gasteiger partial charge in [0.15, 0.2) is 0 Å². The summed E-state index contributed by atoms with van der Waals surface area (Å²) in [6.45, 7) is 2.51. The first kappa shape index (κ1) is 15.8. The molecule has 134 valence electrons. The highest BCUT2D eigenvalue weighted by molar-refractivity contribution is 6.06. The average molecular weight is 351 g/mol. The van der Waals surface area contributed by atoms with Gasteiger partial charge < -0.3 is 4.74 Å². The molecule has 4 aliphatic carbocycles. The summed E-state index contributed by atoms with van der Waals surface area (Å²) in [7, 11) is 0. The van der Waals surface area contributed by atoms with E-state index in [-0.39, 0.29) is 59.2 Å². The number of carbonyl (C=O) groups is 3. The summed E-state index contributed by atoms with van der Waals surface area (Å²) >= 11 is 0. The lowest BCUT2D eigenvalue weighted by Gasteiger charge is -2.37. The van der Waals surface area contributed by atoms with Crippen molar-refractivity contribution in [3.05, 3.63) is 48.0 Å². The fraction of sp³-hybridized carbons (Fsp3) is 0.476. The number of benzene rings is 1. The molecule has 0 aromatic heterocycles. The van der Waals surface area contributed by atoms with Crippen LogP contribution in [0.1, 0.15) is 12.5 Å². The van der Waals surface area contributed by atoms with E-state index in [1.54, 1.807) is 6.92 Å². The molecular formula is C21H21NO4. The van der Waals surface area contributed by atoms with Crippen molar-refractivity contribution in [2.45, 2.75) is 13.5 Å². The third-order valence-corrected chi connectivity index (χ3v) is 6.64. The molecule has 1 aromatic rings. The molecule has 5 aliphatic rings. The van der Waals surface area contributed by atoms with Crippen LogP contribution in [-0.4, -0.2) is 29.3 Å². The zero-order valence-electron chi connectivity index (χ0n) is 14.6. The standard InChI is InChI=1S/C21H21NO4/c1-2-26-21(25)18-14-12-8-9-13(15(14)18)17-16(12)19(23)22(20(17)24)10-11-6-4-3-5-7-11/h3-9,12-18H,2,10H2,1H3/t12-,13-,14-,15+,16+,17+,18?/m1/s1. The van der Waals surface area contributed by atoms with E-state index in [2.05, 4.69) is 12.2 Å². The second kappa shape index (κ2) is 5.53. The fourth-order valence-electron chi connectivity index (χ4n) is 5.64. The number of imide groups is 1. The lowest BCUT2D eigenvalue weighted by Crippen LogP contribution is -2.40. The number of esters is 1. The third-order valence-electron chi connectivity index (χ3n) is 6.64. The minimum absolute atomic E-state index is 0.0124. The van der Waals surface area contributed by atoms with Gasteiger partial charge in [-0.05, 0) is 36.2 Å². The van der Waals surface area contributed by atoms with Gasteiger partial charge in [-0.3, -0.25) is 19.3 Å². The highest BCUT2D eigenvalue weighted by Crippen LogP contribution is 2.69. The lowest BCUT2D eigenvalue weighted by molar-refractivity contribution is -0.146. The minimum atomic E-state index is -0.304. The molecule has 5 nitrogen and oxygen atoms in total. The van der Waals surface area contributed by atoms with E-state index in [1.165, 1.54) is 4.90 Å². The van der Waals surface area contributed by atoms with Gasteiger partial charge in [-0.15, -0.1) is 0 Å². The van der Waals surface area contributed by atoms with Gasteiger partial charge in [-0.2, -0.15) is 0 Å². The zero-order valence-corrected chi connectivity index (χ0v) is 14.6. The SMILES string of the molecule is CCOC(=O)C1[C@@H]2[C@H]3C=C[C@@H]([C@@H]4C(=O)N(Cc5ccccc5)C(=O)[C@@H]34)[C@H]12. The van der Waals surface area contributed by atoms with Gasteiger partial charge in [0.2, 0.25) is 11.8 Å². The van der Waals surface area contributed by atoms with Crippen LogP contribution in [0.5, 0.6) is 0 Å². The Kier molecular flexibility index (Phi) is 3.36. The van der Waals surface area contributed by atoms with Crippen molar-refractivity contribution in [1.29, 1.82) is 0 Å². The number of nitrogens with zero attached hydrogens (tertiary/aromatic N) is 1. The van der Waals surface area contributed by atoms with Crippen molar-refractivity contribution in [2.24, 2.45) is 41.4 Å². The number of amides is 2. The number of rotatable bonds is 4. The van der Waals surface area contributed by atoms with Crippen molar-refractivity contribution >= 4 is 17.8 Å².